The van der Waals surface area contributed by atoms with Crippen LogP contribution in [0.2, 0.25) is 0 Å². The molecule has 5 heteroatoms. The topological polar surface area (TPSA) is 56.7 Å². The maximum absolute atomic E-state index is 12.5. The highest BCUT2D eigenvalue weighted by Gasteiger charge is 2.23. The highest BCUT2D eigenvalue weighted by Crippen LogP contribution is 2.27. The number of aliphatic imine (C=N–C) groups is 1. The third kappa shape index (κ3) is 4.47. The highest BCUT2D eigenvalue weighted by atomic mass is 16.2. The van der Waals surface area contributed by atoms with Crippen LogP contribution in [0.5, 0.6) is 0 Å². The van der Waals surface area contributed by atoms with Crippen molar-refractivity contribution < 1.29 is 4.79 Å². The number of guanidine groups is 1. The fourth-order valence-corrected chi connectivity index (χ4v) is 2.89. The third-order valence-corrected chi connectivity index (χ3v) is 4.53. The molecule has 0 spiro atoms. The minimum absolute atomic E-state index is 0.0837. The van der Waals surface area contributed by atoms with Gasteiger partial charge in [0.25, 0.3) is 0 Å². The molecule has 1 aliphatic rings. The lowest BCUT2D eigenvalue weighted by Crippen LogP contribution is -2.45. The fourth-order valence-electron chi connectivity index (χ4n) is 2.89. The van der Waals surface area contributed by atoms with Gasteiger partial charge >= 0.3 is 0 Å². The van der Waals surface area contributed by atoms with Gasteiger partial charge in [-0.15, -0.1) is 0 Å². The van der Waals surface area contributed by atoms with Gasteiger partial charge in [-0.3, -0.25) is 9.79 Å². The highest BCUT2D eigenvalue weighted by molar-refractivity contribution is 5.98. The van der Waals surface area contributed by atoms with Crippen molar-refractivity contribution in [2.75, 3.05) is 31.6 Å². The predicted molar refractivity (Wildman–Crippen MR) is 95.9 cm³/mol. The molecule has 23 heavy (non-hydrogen) atoms. The molecule has 0 saturated carbocycles. The molecule has 5 nitrogen and oxygen atoms in total. The summed E-state index contributed by atoms with van der Waals surface area (Å²) in [6.45, 7) is 6.30. The molecule has 126 valence electrons. The minimum Gasteiger partial charge on any atom is -0.356 e. The van der Waals surface area contributed by atoms with Gasteiger partial charge in [0.05, 0.1) is 6.54 Å². The average Bonchev–Trinajstić information content (AvgIpc) is 3.02. The second-order valence-electron chi connectivity index (χ2n) is 5.91. The van der Waals surface area contributed by atoms with Crippen molar-refractivity contribution in [3.05, 3.63) is 29.8 Å². The first-order chi connectivity index (χ1) is 11.2. The number of para-hydroxylation sites is 1. The van der Waals surface area contributed by atoms with Crippen molar-refractivity contribution in [3.8, 4) is 0 Å². The first-order valence-electron chi connectivity index (χ1n) is 8.52. The zero-order chi connectivity index (χ0) is 16.7. The summed E-state index contributed by atoms with van der Waals surface area (Å²) in [5.74, 6) is 1.41. The zero-order valence-electron chi connectivity index (χ0n) is 14.4. The number of fused-ring (bicyclic) bond motifs is 1. The Labute approximate surface area is 139 Å². The minimum atomic E-state index is 0.0837. The van der Waals surface area contributed by atoms with Crippen LogP contribution < -0.4 is 15.5 Å². The normalized spacial score (nSPS) is 14.1. The Kier molecular flexibility index (Phi) is 6.44. The van der Waals surface area contributed by atoms with Crippen molar-refractivity contribution in [3.63, 3.8) is 0 Å². The van der Waals surface area contributed by atoms with E-state index in [1.165, 1.54) is 5.56 Å². The largest absolute Gasteiger partial charge is 0.356 e. The van der Waals surface area contributed by atoms with E-state index < -0.39 is 0 Å². The van der Waals surface area contributed by atoms with Crippen molar-refractivity contribution in [1.82, 2.24) is 10.6 Å². The summed E-state index contributed by atoms with van der Waals surface area (Å²) in [6, 6.07) is 8.11. The summed E-state index contributed by atoms with van der Waals surface area (Å²) in [5, 5.41) is 6.43. The van der Waals surface area contributed by atoms with E-state index in [0.29, 0.717) is 11.9 Å². The van der Waals surface area contributed by atoms with Gasteiger partial charge in [-0.2, -0.15) is 0 Å². The summed E-state index contributed by atoms with van der Waals surface area (Å²) < 4.78 is 0. The van der Waals surface area contributed by atoms with E-state index in [0.717, 1.165) is 38.0 Å². The van der Waals surface area contributed by atoms with Gasteiger partial charge in [-0.1, -0.05) is 44.9 Å². The first kappa shape index (κ1) is 17.3. The van der Waals surface area contributed by atoms with Crippen LogP contribution in [-0.2, 0) is 11.2 Å². The van der Waals surface area contributed by atoms with Crippen molar-refractivity contribution in [2.24, 2.45) is 10.9 Å². The number of hydrogen-bond acceptors (Lipinski definition) is 2. The van der Waals surface area contributed by atoms with Crippen LogP contribution in [0.1, 0.15) is 32.3 Å². The molecular formula is C18H28N4O. The van der Waals surface area contributed by atoms with Crippen LogP contribution in [0.15, 0.2) is 29.3 Å². The Morgan fingerprint density at radius 2 is 2.00 bits per heavy atom. The van der Waals surface area contributed by atoms with E-state index >= 15 is 0 Å². The fraction of sp³-hybridized carbons (Fsp3) is 0.556. The number of amides is 1. The molecule has 1 aliphatic heterocycles. The molecule has 0 saturated heterocycles. The van der Waals surface area contributed by atoms with Crippen LogP contribution in [0.25, 0.3) is 0 Å². The SMILES string of the molecule is CCC(CC)CNC(=NC)NCC(=O)N1CCc2ccccc21. The summed E-state index contributed by atoms with van der Waals surface area (Å²) in [7, 11) is 1.73. The van der Waals surface area contributed by atoms with Gasteiger partial charge in [0, 0.05) is 25.8 Å². The summed E-state index contributed by atoms with van der Waals surface area (Å²) >= 11 is 0. The van der Waals surface area contributed by atoms with E-state index in [9.17, 15) is 4.79 Å². The van der Waals surface area contributed by atoms with Crippen LogP contribution >= 0.6 is 0 Å². The summed E-state index contributed by atoms with van der Waals surface area (Å²) in [6.07, 6.45) is 3.22. The molecule has 1 aromatic rings. The molecule has 0 aromatic heterocycles. The average molecular weight is 316 g/mol. The molecule has 0 radical (unpaired) electrons. The number of anilines is 1. The standard InChI is InChI=1S/C18H28N4O/c1-4-14(5-2)12-20-18(19-3)21-13-17(23)22-11-10-15-8-6-7-9-16(15)22/h6-9,14H,4-5,10-13H2,1-3H3,(H2,19,20,21). The van der Waals surface area contributed by atoms with E-state index in [1.807, 2.05) is 23.1 Å². The lowest BCUT2D eigenvalue weighted by molar-refractivity contribution is -0.117. The Balaban J connectivity index is 1.84. The summed E-state index contributed by atoms with van der Waals surface area (Å²) in [4.78, 5) is 18.5. The lowest BCUT2D eigenvalue weighted by Gasteiger charge is -2.20. The van der Waals surface area contributed by atoms with Crippen LogP contribution in [-0.4, -0.2) is 38.5 Å². The third-order valence-electron chi connectivity index (χ3n) is 4.53. The van der Waals surface area contributed by atoms with E-state index in [4.69, 9.17) is 0 Å². The number of carbonyl (C=O) groups excluding carboxylic acids is 1. The summed E-state index contributed by atoms with van der Waals surface area (Å²) in [5.41, 5.74) is 2.29. The van der Waals surface area contributed by atoms with Crippen LogP contribution in [0.4, 0.5) is 5.69 Å². The van der Waals surface area contributed by atoms with Gasteiger partial charge < -0.3 is 15.5 Å². The number of nitrogens with one attached hydrogen (secondary N) is 2. The smallest absolute Gasteiger partial charge is 0.246 e. The monoisotopic (exact) mass is 316 g/mol. The molecule has 0 fully saturated rings. The van der Waals surface area contributed by atoms with Crippen LogP contribution in [0.3, 0.4) is 0 Å². The molecule has 1 aromatic carbocycles. The van der Waals surface area contributed by atoms with E-state index in [2.05, 4.69) is 35.5 Å². The maximum Gasteiger partial charge on any atom is 0.246 e. The second-order valence-corrected chi connectivity index (χ2v) is 5.91. The quantitative estimate of drug-likeness (QED) is 0.625. The predicted octanol–water partition coefficient (Wildman–Crippen LogP) is 2.18. The zero-order valence-corrected chi connectivity index (χ0v) is 14.4. The van der Waals surface area contributed by atoms with Crippen molar-refractivity contribution in [1.29, 1.82) is 0 Å². The van der Waals surface area contributed by atoms with E-state index in [1.54, 1.807) is 7.05 Å². The Morgan fingerprint density at radius 1 is 1.26 bits per heavy atom. The van der Waals surface area contributed by atoms with E-state index in [-0.39, 0.29) is 12.5 Å². The van der Waals surface area contributed by atoms with Gasteiger partial charge in [-0.05, 0) is 24.0 Å². The molecule has 1 heterocycles. The van der Waals surface area contributed by atoms with Crippen molar-refractivity contribution >= 4 is 17.6 Å². The first-order valence-corrected chi connectivity index (χ1v) is 8.52. The second kappa shape index (κ2) is 8.56. The molecule has 0 bridgehead atoms. The number of nitrogens with zero attached hydrogens (tertiary/aromatic N) is 2. The number of hydrogen-bond donors (Lipinski definition) is 2. The van der Waals surface area contributed by atoms with Gasteiger partial charge in [0.2, 0.25) is 5.91 Å². The number of benzene rings is 1. The van der Waals surface area contributed by atoms with Gasteiger partial charge in [0.1, 0.15) is 0 Å². The van der Waals surface area contributed by atoms with Crippen molar-refractivity contribution in [2.45, 2.75) is 33.1 Å². The Morgan fingerprint density at radius 3 is 2.70 bits per heavy atom. The molecule has 2 N–H and O–H groups in total. The Hall–Kier alpha value is -2.04. The molecule has 0 unspecified atom stereocenters. The molecule has 0 atom stereocenters. The van der Waals surface area contributed by atoms with Gasteiger partial charge in [-0.25, -0.2) is 0 Å². The lowest BCUT2D eigenvalue weighted by atomic mass is 10.0. The molecule has 2 rings (SSSR count). The van der Waals surface area contributed by atoms with Crippen LogP contribution in [0, 0.1) is 5.92 Å². The van der Waals surface area contributed by atoms with Gasteiger partial charge in [0.15, 0.2) is 5.96 Å². The number of carbonyl (C=O) groups is 1. The molecular weight excluding hydrogens is 288 g/mol. The molecule has 1 amide bonds. The maximum atomic E-state index is 12.5. The molecule has 0 aliphatic carbocycles. The number of rotatable bonds is 6. The Bertz CT molecular complexity index is 552.